The number of carbonyl (C=O) groups is 1. The summed E-state index contributed by atoms with van der Waals surface area (Å²) >= 11 is 2.78. The summed E-state index contributed by atoms with van der Waals surface area (Å²) in [6.45, 7) is 1.91. The Hall–Kier alpha value is -2.89. The van der Waals surface area contributed by atoms with Crippen molar-refractivity contribution >= 4 is 45.2 Å². The van der Waals surface area contributed by atoms with Crippen molar-refractivity contribution in [2.75, 3.05) is 10.6 Å². The number of thiophene rings is 1. The number of primary amides is 1. The van der Waals surface area contributed by atoms with Crippen LogP contribution in [0, 0.1) is 18.3 Å². The largest absolute Gasteiger partial charge is 0.369 e. The van der Waals surface area contributed by atoms with Crippen LogP contribution >= 0.6 is 22.9 Å². The highest BCUT2D eigenvalue weighted by Gasteiger charge is 2.19. The lowest BCUT2D eigenvalue weighted by molar-refractivity contribution is -0.118. The molecule has 0 fully saturated rings. The fourth-order valence-electron chi connectivity index (χ4n) is 2.29. The van der Waals surface area contributed by atoms with Crippen molar-refractivity contribution < 1.29 is 4.79 Å². The summed E-state index contributed by atoms with van der Waals surface area (Å²) in [5, 5.41) is 18.4. The van der Waals surface area contributed by atoms with E-state index >= 15 is 0 Å². The fraction of sp³-hybridized carbons (Fsp3) is 0.118. The zero-order valence-corrected chi connectivity index (χ0v) is 14.9. The third-order valence-corrected chi connectivity index (χ3v) is 5.18. The summed E-state index contributed by atoms with van der Waals surface area (Å²) in [4.78, 5) is 12.6. The number of amides is 1. The molecule has 0 aliphatic rings. The van der Waals surface area contributed by atoms with Gasteiger partial charge in [0.25, 0.3) is 0 Å². The molecule has 0 radical (unpaired) electrons. The Balaban J connectivity index is 1.88. The molecule has 0 spiro atoms. The van der Waals surface area contributed by atoms with E-state index < -0.39 is 11.9 Å². The smallest absolute Gasteiger partial charge is 0.245 e. The van der Waals surface area contributed by atoms with Crippen molar-refractivity contribution in [2.24, 2.45) is 5.73 Å². The molecule has 0 bridgehead atoms. The highest BCUT2D eigenvalue weighted by Crippen LogP contribution is 2.29. The molecule has 1 aromatic carbocycles. The van der Waals surface area contributed by atoms with Crippen LogP contribution in [0.15, 0.2) is 41.8 Å². The second kappa shape index (κ2) is 7.34. The van der Waals surface area contributed by atoms with Crippen LogP contribution in [0.3, 0.4) is 0 Å². The standard InChI is InChI=1S/C17H15N5OS2/c1-10-7-15(25-22-10)21-13-8-12(5-4-11(13)9-18)20-16(17(19)23)14-3-2-6-24-14/h2-8,16,20-21H,1H3,(H2,19,23). The van der Waals surface area contributed by atoms with Crippen LogP contribution in [0.5, 0.6) is 0 Å². The predicted octanol–water partition coefficient (Wildman–Crippen LogP) is 3.77. The Morgan fingerprint density at radius 2 is 2.20 bits per heavy atom. The van der Waals surface area contributed by atoms with Gasteiger partial charge in [-0.15, -0.1) is 11.3 Å². The molecule has 1 unspecified atom stereocenters. The number of benzene rings is 1. The SMILES string of the molecule is Cc1cc(Nc2cc(NC(C(N)=O)c3cccs3)ccc2C#N)sn1. The lowest BCUT2D eigenvalue weighted by atomic mass is 10.1. The van der Waals surface area contributed by atoms with E-state index in [0.29, 0.717) is 16.9 Å². The molecule has 0 aliphatic heterocycles. The Morgan fingerprint density at radius 3 is 2.80 bits per heavy atom. The van der Waals surface area contributed by atoms with Crippen LogP contribution in [0.1, 0.15) is 22.2 Å². The van der Waals surface area contributed by atoms with Crippen molar-refractivity contribution in [1.82, 2.24) is 4.37 Å². The van der Waals surface area contributed by atoms with Crippen molar-refractivity contribution in [3.63, 3.8) is 0 Å². The highest BCUT2D eigenvalue weighted by molar-refractivity contribution is 7.10. The van der Waals surface area contributed by atoms with E-state index in [1.807, 2.05) is 30.5 Å². The number of hydrogen-bond donors (Lipinski definition) is 3. The summed E-state index contributed by atoms with van der Waals surface area (Å²) in [5.41, 5.74) is 8.28. The number of nitrogens with two attached hydrogens (primary N) is 1. The van der Waals surface area contributed by atoms with E-state index in [2.05, 4.69) is 21.1 Å². The van der Waals surface area contributed by atoms with Crippen LogP contribution in [0.4, 0.5) is 16.4 Å². The minimum Gasteiger partial charge on any atom is -0.369 e. The minimum atomic E-state index is -0.619. The molecule has 25 heavy (non-hydrogen) atoms. The summed E-state index contributed by atoms with van der Waals surface area (Å²) in [7, 11) is 0. The number of nitrogens with one attached hydrogen (secondary N) is 2. The first-order valence-electron chi connectivity index (χ1n) is 7.40. The molecule has 1 atom stereocenters. The molecule has 1 amide bonds. The van der Waals surface area contributed by atoms with Crippen LogP contribution in [-0.4, -0.2) is 10.3 Å². The lowest BCUT2D eigenvalue weighted by Gasteiger charge is -2.16. The van der Waals surface area contributed by atoms with Gasteiger partial charge in [-0.2, -0.15) is 9.64 Å². The van der Waals surface area contributed by atoms with Crippen LogP contribution in [0.2, 0.25) is 0 Å². The maximum atomic E-state index is 11.8. The lowest BCUT2D eigenvalue weighted by Crippen LogP contribution is -2.27. The number of aryl methyl sites for hydroxylation is 1. The van der Waals surface area contributed by atoms with Crippen molar-refractivity contribution in [3.8, 4) is 6.07 Å². The van der Waals surface area contributed by atoms with Gasteiger partial charge < -0.3 is 16.4 Å². The molecular weight excluding hydrogens is 354 g/mol. The maximum Gasteiger partial charge on any atom is 0.245 e. The Labute approximate surface area is 153 Å². The molecule has 126 valence electrons. The molecule has 3 aromatic rings. The number of nitrogens with zero attached hydrogens (tertiary/aromatic N) is 2. The molecule has 6 nitrogen and oxygen atoms in total. The Kier molecular flexibility index (Phi) is 4.97. The van der Waals surface area contributed by atoms with Gasteiger partial charge >= 0.3 is 0 Å². The Morgan fingerprint density at radius 1 is 1.36 bits per heavy atom. The van der Waals surface area contributed by atoms with Gasteiger partial charge in [-0.3, -0.25) is 4.79 Å². The molecule has 2 heterocycles. The number of hydrogen-bond acceptors (Lipinski definition) is 7. The molecule has 0 saturated carbocycles. The molecule has 2 aromatic heterocycles. The van der Waals surface area contributed by atoms with E-state index in [-0.39, 0.29) is 0 Å². The molecule has 4 N–H and O–H groups in total. The first kappa shape index (κ1) is 17.0. The number of nitriles is 1. The average Bonchev–Trinajstić information content (AvgIpc) is 3.24. The highest BCUT2D eigenvalue weighted by atomic mass is 32.1. The zero-order valence-electron chi connectivity index (χ0n) is 13.3. The van der Waals surface area contributed by atoms with Gasteiger partial charge in [0.2, 0.25) is 5.91 Å². The normalized spacial score (nSPS) is 11.5. The molecule has 8 heteroatoms. The van der Waals surface area contributed by atoms with Crippen molar-refractivity contribution in [3.05, 3.63) is 57.9 Å². The second-order valence-corrected chi connectivity index (χ2v) is 7.11. The number of aromatic nitrogens is 1. The number of rotatable bonds is 6. The summed E-state index contributed by atoms with van der Waals surface area (Å²) in [5.74, 6) is -0.459. The van der Waals surface area contributed by atoms with Crippen molar-refractivity contribution in [1.29, 1.82) is 5.26 Å². The van der Waals surface area contributed by atoms with Gasteiger partial charge in [-0.05, 0) is 54.2 Å². The topological polar surface area (TPSA) is 104 Å². The summed E-state index contributed by atoms with van der Waals surface area (Å²) in [6.07, 6.45) is 0. The van der Waals surface area contributed by atoms with E-state index in [1.54, 1.807) is 18.2 Å². The van der Waals surface area contributed by atoms with E-state index in [4.69, 9.17) is 5.73 Å². The third kappa shape index (κ3) is 3.96. The zero-order chi connectivity index (χ0) is 17.8. The van der Waals surface area contributed by atoms with Crippen LogP contribution < -0.4 is 16.4 Å². The van der Waals surface area contributed by atoms with Crippen molar-refractivity contribution in [2.45, 2.75) is 13.0 Å². The first-order valence-corrected chi connectivity index (χ1v) is 9.06. The molecule has 0 saturated heterocycles. The number of anilines is 3. The van der Waals surface area contributed by atoms with Gasteiger partial charge in [-0.1, -0.05) is 6.07 Å². The molecular formula is C17H15N5OS2. The van der Waals surface area contributed by atoms with Gasteiger partial charge in [0.15, 0.2) is 0 Å². The monoisotopic (exact) mass is 369 g/mol. The van der Waals surface area contributed by atoms with E-state index in [9.17, 15) is 10.1 Å². The minimum absolute atomic E-state index is 0.459. The van der Waals surface area contributed by atoms with Gasteiger partial charge in [0.1, 0.15) is 17.1 Å². The Bertz CT molecular complexity index is 927. The quantitative estimate of drug-likeness (QED) is 0.613. The molecule has 0 aliphatic carbocycles. The van der Waals surface area contributed by atoms with Crippen LogP contribution in [0.25, 0.3) is 0 Å². The predicted molar refractivity (Wildman–Crippen MR) is 101 cm³/mol. The average molecular weight is 369 g/mol. The van der Waals surface area contributed by atoms with Crippen LogP contribution in [-0.2, 0) is 4.79 Å². The second-order valence-electron chi connectivity index (χ2n) is 5.32. The summed E-state index contributed by atoms with van der Waals surface area (Å²) in [6, 6.07) is 12.4. The van der Waals surface area contributed by atoms with E-state index in [1.165, 1.54) is 22.9 Å². The summed E-state index contributed by atoms with van der Waals surface area (Å²) < 4.78 is 4.22. The fourth-order valence-corrected chi connectivity index (χ4v) is 3.75. The molecule has 3 rings (SSSR count). The van der Waals surface area contributed by atoms with Gasteiger partial charge in [-0.25, -0.2) is 0 Å². The maximum absolute atomic E-state index is 11.8. The number of carbonyl (C=O) groups excluding carboxylic acids is 1. The van der Waals surface area contributed by atoms with Gasteiger partial charge in [0, 0.05) is 10.6 Å². The third-order valence-electron chi connectivity index (χ3n) is 3.45. The van der Waals surface area contributed by atoms with E-state index in [0.717, 1.165) is 15.6 Å². The first-order chi connectivity index (χ1) is 12.1. The van der Waals surface area contributed by atoms with Gasteiger partial charge in [0.05, 0.1) is 16.9 Å².